The molecule has 0 amide bonds. The normalized spacial score (nSPS) is 14.6. The van der Waals surface area contributed by atoms with Crippen LogP contribution < -0.4 is 9.03 Å². The number of fused-ring (bicyclic) bond motifs is 1. The lowest BCUT2D eigenvalue weighted by atomic mass is 10.0. The van der Waals surface area contributed by atoms with Crippen LogP contribution in [-0.4, -0.2) is 29.1 Å². The minimum absolute atomic E-state index is 0.0107. The van der Waals surface area contributed by atoms with Crippen LogP contribution in [0, 0.1) is 11.6 Å². The average molecular weight is 430 g/mol. The summed E-state index contributed by atoms with van der Waals surface area (Å²) in [4.78, 5) is -0.693. The molecule has 1 aliphatic heterocycles. The standard InChI is InChI=1S/C18H20F2N2O4S2/c1-2-10-27(23,24)22-9-3-4-13-5-7-15(12-17(13)22)21-28(25,26)18-8-6-14(19)11-16(18)20/h5-8,11-12,21H,2-4,9-10H2,1H3. The third-order valence-corrected chi connectivity index (χ3v) is 7.78. The van der Waals surface area contributed by atoms with Gasteiger partial charge in [0.25, 0.3) is 10.0 Å². The molecule has 3 rings (SSSR count). The fraction of sp³-hybridized carbons (Fsp3) is 0.333. The molecule has 0 fully saturated rings. The van der Waals surface area contributed by atoms with Crippen molar-refractivity contribution in [2.45, 2.75) is 31.1 Å². The predicted octanol–water partition coefficient (Wildman–Crippen LogP) is 3.26. The fourth-order valence-corrected chi connectivity index (χ4v) is 5.89. The second-order valence-electron chi connectivity index (χ2n) is 6.52. The maximum Gasteiger partial charge on any atom is 0.264 e. The van der Waals surface area contributed by atoms with Crippen LogP contribution in [0.2, 0.25) is 0 Å². The van der Waals surface area contributed by atoms with E-state index in [4.69, 9.17) is 0 Å². The van der Waals surface area contributed by atoms with E-state index in [0.717, 1.165) is 17.7 Å². The van der Waals surface area contributed by atoms with E-state index in [1.165, 1.54) is 16.4 Å². The number of benzene rings is 2. The van der Waals surface area contributed by atoms with E-state index in [2.05, 4.69) is 4.72 Å². The first-order chi connectivity index (χ1) is 13.1. The first kappa shape index (κ1) is 20.5. The van der Waals surface area contributed by atoms with Crippen LogP contribution >= 0.6 is 0 Å². The third kappa shape index (κ3) is 4.12. The van der Waals surface area contributed by atoms with Crippen LogP contribution in [0.5, 0.6) is 0 Å². The molecular formula is C18H20F2N2O4S2. The quantitative estimate of drug-likeness (QED) is 0.763. The summed E-state index contributed by atoms with van der Waals surface area (Å²) in [7, 11) is -7.83. The van der Waals surface area contributed by atoms with Crippen molar-refractivity contribution in [2.24, 2.45) is 0 Å². The van der Waals surface area contributed by atoms with Gasteiger partial charge in [-0.15, -0.1) is 0 Å². The number of sulfonamides is 2. The lowest BCUT2D eigenvalue weighted by Gasteiger charge is -2.31. The smallest absolute Gasteiger partial charge is 0.264 e. The van der Waals surface area contributed by atoms with Crippen LogP contribution in [0.4, 0.5) is 20.2 Å². The number of aryl methyl sites for hydroxylation is 1. The van der Waals surface area contributed by atoms with E-state index in [9.17, 15) is 25.6 Å². The second-order valence-corrected chi connectivity index (χ2v) is 10.2. The molecule has 1 heterocycles. The predicted molar refractivity (Wildman–Crippen MR) is 103 cm³/mol. The molecule has 0 saturated heterocycles. The summed E-state index contributed by atoms with van der Waals surface area (Å²) in [6, 6.07) is 6.75. The number of hydrogen-bond acceptors (Lipinski definition) is 4. The summed E-state index contributed by atoms with van der Waals surface area (Å²) in [6.07, 6.45) is 1.80. The van der Waals surface area contributed by atoms with Crippen LogP contribution in [0.25, 0.3) is 0 Å². The minimum atomic E-state index is -4.31. The fourth-order valence-electron chi connectivity index (χ4n) is 3.16. The Labute approximate surface area is 163 Å². The highest BCUT2D eigenvalue weighted by Gasteiger charge is 2.28. The van der Waals surface area contributed by atoms with Gasteiger partial charge in [0.15, 0.2) is 0 Å². The maximum atomic E-state index is 13.9. The van der Waals surface area contributed by atoms with Crippen LogP contribution in [0.3, 0.4) is 0 Å². The zero-order chi connectivity index (χ0) is 20.5. The molecule has 0 spiro atoms. The topological polar surface area (TPSA) is 83.6 Å². The van der Waals surface area contributed by atoms with Crippen LogP contribution in [-0.2, 0) is 26.5 Å². The van der Waals surface area contributed by atoms with Gasteiger partial charge in [-0.05, 0) is 49.1 Å². The van der Waals surface area contributed by atoms with E-state index in [1.807, 2.05) is 0 Å². The Bertz CT molecular complexity index is 1100. The van der Waals surface area contributed by atoms with Gasteiger partial charge in [0.1, 0.15) is 16.5 Å². The summed E-state index contributed by atoms with van der Waals surface area (Å²) < 4.78 is 80.5. The summed E-state index contributed by atoms with van der Waals surface area (Å²) in [5.41, 5.74) is 1.31. The molecular weight excluding hydrogens is 410 g/mol. The highest BCUT2D eigenvalue weighted by atomic mass is 32.2. The van der Waals surface area contributed by atoms with Gasteiger partial charge in [-0.25, -0.2) is 25.6 Å². The molecule has 0 saturated carbocycles. The van der Waals surface area contributed by atoms with E-state index in [1.54, 1.807) is 13.0 Å². The van der Waals surface area contributed by atoms with Crippen molar-refractivity contribution >= 4 is 31.4 Å². The Morgan fingerprint density at radius 2 is 1.82 bits per heavy atom. The molecule has 0 bridgehead atoms. The Balaban J connectivity index is 1.97. The molecule has 2 aromatic rings. The van der Waals surface area contributed by atoms with E-state index in [0.29, 0.717) is 37.6 Å². The van der Waals surface area contributed by atoms with Crippen molar-refractivity contribution in [2.75, 3.05) is 21.3 Å². The molecule has 2 aromatic carbocycles. The lowest BCUT2D eigenvalue weighted by Crippen LogP contribution is -2.37. The van der Waals surface area contributed by atoms with Gasteiger partial charge in [0.05, 0.1) is 17.1 Å². The highest BCUT2D eigenvalue weighted by molar-refractivity contribution is 7.93. The summed E-state index contributed by atoms with van der Waals surface area (Å²) in [6.45, 7) is 2.09. The molecule has 6 nitrogen and oxygen atoms in total. The lowest BCUT2D eigenvalue weighted by molar-refractivity contribution is 0.551. The number of halogens is 2. The molecule has 0 aromatic heterocycles. The SMILES string of the molecule is CCCS(=O)(=O)N1CCCc2ccc(NS(=O)(=O)c3ccc(F)cc3F)cc21. The van der Waals surface area contributed by atoms with Gasteiger partial charge in [0, 0.05) is 12.6 Å². The Hall–Kier alpha value is -2.20. The zero-order valence-electron chi connectivity index (χ0n) is 15.2. The monoisotopic (exact) mass is 430 g/mol. The summed E-state index contributed by atoms with van der Waals surface area (Å²) >= 11 is 0. The molecule has 10 heteroatoms. The van der Waals surface area contributed by atoms with Gasteiger partial charge in [0.2, 0.25) is 10.0 Å². The Kier molecular flexibility index (Phi) is 5.62. The van der Waals surface area contributed by atoms with Crippen LogP contribution in [0.1, 0.15) is 25.3 Å². The van der Waals surface area contributed by atoms with Crippen molar-refractivity contribution in [1.82, 2.24) is 0 Å². The first-order valence-electron chi connectivity index (χ1n) is 8.75. The van der Waals surface area contributed by atoms with Crippen molar-refractivity contribution in [3.05, 3.63) is 53.6 Å². The minimum Gasteiger partial charge on any atom is -0.279 e. The maximum absolute atomic E-state index is 13.9. The van der Waals surface area contributed by atoms with Gasteiger partial charge in [-0.2, -0.15) is 0 Å². The molecule has 0 radical (unpaired) electrons. The first-order valence-corrected chi connectivity index (χ1v) is 11.8. The van der Waals surface area contributed by atoms with E-state index < -0.39 is 36.6 Å². The molecule has 0 unspecified atom stereocenters. The van der Waals surface area contributed by atoms with Gasteiger partial charge in [-0.1, -0.05) is 13.0 Å². The number of hydrogen-bond donors (Lipinski definition) is 1. The average Bonchev–Trinajstić information content (AvgIpc) is 2.60. The number of rotatable bonds is 6. The number of anilines is 2. The number of nitrogens with zero attached hydrogens (tertiary/aromatic N) is 1. The third-order valence-electron chi connectivity index (χ3n) is 4.39. The zero-order valence-corrected chi connectivity index (χ0v) is 16.8. The number of nitrogens with one attached hydrogen (secondary N) is 1. The van der Waals surface area contributed by atoms with E-state index >= 15 is 0 Å². The van der Waals surface area contributed by atoms with Crippen molar-refractivity contribution in [3.63, 3.8) is 0 Å². The molecule has 1 N–H and O–H groups in total. The molecule has 1 aliphatic rings. The summed E-state index contributed by atoms with van der Waals surface area (Å²) in [5.74, 6) is -2.11. The van der Waals surface area contributed by atoms with Crippen LogP contribution in [0.15, 0.2) is 41.3 Å². The van der Waals surface area contributed by atoms with E-state index in [-0.39, 0.29) is 11.4 Å². The molecule has 28 heavy (non-hydrogen) atoms. The largest absolute Gasteiger partial charge is 0.279 e. The second kappa shape index (κ2) is 7.67. The van der Waals surface area contributed by atoms with Gasteiger partial charge >= 0.3 is 0 Å². The molecule has 0 atom stereocenters. The summed E-state index contributed by atoms with van der Waals surface area (Å²) in [5, 5.41) is 0. The van der Waals surface area contributed by atoms with Gasteiger partial charge < -0.3 is 0 Å². The highest BCUT2D eigenvalue weighted by Crippen LogP contribution is 2.33. The van der Waals surface area contributed by atoms with Crippen molar-refractivity contribution in [3.8, 4) is 0 Å². The van der Waals surface area contributed by atoms with Crippen molar-refractivity contribution in [1.29, 1.82) is 0 Å². The van der Waals surface area contributed by atoms with Gasteiger partial charge in [-0.3, -0.25) is 9.03 Å². The van der Waals surface area contributed by atoms with Crippen molar-refractivity contribution < 1.29 is 25.6 Å². The molecule has 152 valence electrons. The Morgan fingerprint density at radius 1 is 1.07 bits per heavy atom. The Morgan fingerprint density at radius 3 is 2.50 bits per heavy atom. The molecule has 0 aliphatic carbocycles.